The van der Waals surface area contributed by atoms with Crippen LogP contribution in [-0.4, -0.2) is 37.9 Å². The van der Waals surface area contributed by atoms with E-state index in [1.807, 2.05) is 31.3 Å². The van der Waals surface area contributed by atoms with Crippen LogP contribution < -0.4 is 15.4 Å². The van der Waals surface area contributed by atoms with Crippen molar-refractivity contribution in [2.24, 2.45) is 0 Å². The van der Waals surface area contributed by atoms with E-state index in [1.165, 1.54) is 0 Å². The molecular formula is C19H24FN3O2. The molecule has 2 aromatic rings. The maximum atomic E-state index is 14.6. The van der Waals surface area contributed by atoms with Crippen LogP contribution >= 0.6 is 0 Å². The fraction of sp³-hybridized carbons (Fsp3) is 0.421. The predicted octanol–water partition coefficient (Wildman–Crippen LogP) is 2.48. The lowest BCUT2D eigenvalue weighted by molar-refractivity contribution is 0.181. The number of anilines is 2. The van der Waals surface area contributed by atoms with Gasteiger partial charge >= 0.3 is 0 Å². The highest BCUT2D eigenvalue weighted by Gasteiger charge is 2.21. The number of aromatic nitrogens is 1. The summed E-state index contributed by atoms with van der Waals surface area (Å²) in [6.45, 7) is 5.93. The van der Waals surface area contributed by atoms with E-state index in [1.54, 1.807) is 23.8 Å². The van der Waals surface area contributed by atoms with Gasteiger partial charge in [0.2, 0.25) is 0 Å². The monoisotopic (exact) mass is 345 g/mol. The molecule has 0 bridgehead atoms. The Balaban J connectivity index is 1.72. The Bertz CT molecular complexity index is 782. The van der Waals surface area contributed by atoms with Gasteiger partial charge in [0.25, 0.3) is 5.56 Å². The summed E-state index contributed by atoms with van der Waals surface area (Å²) < 4.78 is 21.4. The zero-order chi connectivity index (χ0) is 17.8. The summed E-state index contributed by atoms with van der Waals surface area (Å²) in [5, 5.41) is 0. The van der Waals surface area contributed by atoms with Gasteiger partial charge in [-0.2, -0.15) is 0 Å². The number of halogens is 1. The van der Waals surface area contributed by atoms with Gasteiger partial charge < -0.3 is 19.1 Å². The minimum atomic E-state index is -0.197. The molecule has 0 spiro atoms. The van der Waals surface area contributed by atoms with Crippen molar-refractivity contribution < 1.29 is 9.13 Å². The second-order valence-corrected chi connectivity index (χ2v) is 6.17. The largest absolute Gasteiger partial charge is 0.380 e. The van der Waals surface area contributed by atoms with E-state index in [9.17, 15) is 9.18 Å². The maximum Gasteiger partial charge on any atom is 0.250 e. The molecule has 1 aliphatic rings. The van der Waals surface area contributed by atoms with Gasteiger partial charge in [-0.25, -0.2) is 4.39 Å². The Hall–Kier alpha value is -2.34. The molecule has 0 atom stereocenters. The molecule has 3 rings (SSSR count). The summed E-state index contributed by atoms with van der Waals surface area (Å²) in [7, 11) is 1.57. The highest BCUT2D eigenvalue weighted by molar-refractivity contribution is 5.53. The molecular weight excluding hydrogens is 321 g/mol. The first kappa shape index (κ1) is 17.5. The Labute approximate surface area is 147 Å². The Kier molecular flexibility index (Phi) is 5.38. The summed E-state index contributed by atoms with van der Waals surface area (Å²) in [4.78, 5) is 16.0. The molecule has 1 saturated heterocycles. The van der Waals surface area contributed by atoms with Gasteiger partial charge in [-0.05, 0) is 19.1 Å². The van der Waals surface area contributed by atoms with Crippen molar-refractivity contribution >= 4 is 11.4 Å². The van der Waals surface area contributed by atoms with Gasteiger partial charge in [0.15, 0.2) is 5.82 Å². The molecule has 0 radical (unpaired) electrons. The summed E-state index contributed by atoms with van der Waals surface area (Å²) in [6.07, 6.45) is 1.90. The van der Waals surface area contributed by atoms with Crippen LogP contribution in [0.25, 0.3) is 0 Å². The number of pyridine rings is 1. The standard InChI is InChI=1S/C19H24FN3O2/c1-3-21-13-16(7-8-18(21)24)22-9-11-23(12-10-22)17-6-4-5-15(14-25-2)19(17)20/h4-8,13H,3,9-12,14H2,1-2H3. The summed E-state index contributed by atoms with van der Waals surface area (Å²) >= 11 is 0. The SMILES string of the molecule is CCn1cc(N2CCN(c3cccc(COC)c3F)CC2)ccc1=O. The molecule has 1 fully saturated rings. The number of rotatable bonds is 5. The molecule has 0 aliphatic carbocycles. The first-order valence-electron chi connectivity index (χ1n) is 8.60. The van der Waals surface area contributed by atoms with Crippen LogP contribution in [0.4, 0.5) is 15.8 Å². The lowest BCUT2D eigenvalue weighted by atomic mass is 10.1. The van der Waals surface area contributed by atoms with Gasteiger partial charge in [-0.3, -0.25) is 4.79 Å². The van der Waals surface area contributed by atoms with Crippen LogP contribution in [0.5, 0.6) is 0 Å². The van der Waals surface area contributed by atoms with Crippen LogP contribution in [0.2, 0.25) is 0 Å². The number of piperazine rings is 1. The average molecular weight is 345 g/mol. The molecule has 0 N–H and O–H groups in total. The second-order valence-electron chi connectivity index (χ2n) is 6.17. The second kappa shape index (κ2) is 7.70. The number of hydrogen-bond acceptors (Lipinski definition) is 4. The van der Waals surface area contributed by atoms with Gasteiger partial charge in [0, 0.05) is 57.7 Å². The molecule has 0 unspecified atom stereocenters. The van der Waals surface area contributed by atoms with Crippen LogP contribution in [0.3, 0.4) is 0 Å². The molecule has 0 saturated carbocycles. The van der Waals surface area contributed by atoms with E-state index in [4.69, 9.17) is 4.74 Å². The van der Waals surface area contributed by atoms with Crippen LogP contribution in [0.1, 0.15) is 12.5 Å². The van der Waals surface area contributed by atoms with Crippen LogP contribution in [0, 0.1) is 5.82 Å². The summed E-state index contributed by atoms with van der Waals surface area (Å²) in [5.74, 6) is -0.197. The number of nitrogens with zero attached hydrogens (tertiary/aromatic N) is 3. The van der Waals surface area contributed by atoms with Crippen LogP contribution in [-0.2, 0) is 17.9 Å². The summed E-state index contributed by atoms with van der Waals surface area (Å²) in [6, 6.07) is 8.92. The van der Waals surface area contributed by atoms with Crippen molar-refractivity contribution in [1.82, 2.24) is 4.57 Å². The van der Waals surface area contributed by atoms with E-state index >= 15 is 0 Å². The Morgan fingerprint density at radius 1 is 1.08 bits per heavy atom. The fourth-order valence-electron chi connectivity index (χ4n) is 3.24. The zero-order valence-corrected chi connectivity index (χ0v) is 14.7. The third kappa shape index (κ3) is 3.69. The zero-order valence-electron chi connectivity index (χ0n) is 14.7. The Morgan fingerprint density at radius 2 is 1.80 bits per heavy atom. The quantitative estimate of drug-likeness (QED) is 0.834. The predicted molar refractivity (Wildman–Crippen MR) is 97.9 cm³/mol. The van der Waals surface area contributed by atoms with Crippen molar-refractivity contribution in [3.05, 3.63) is 58.3 Å². The highest BCUT2D eigenvalue weighted by atomic mass is 19.1. The minimum Gasteiger partial charge on any atom is -0.380 e. The molecule has 25 heavy (non-hydrogen) atoms. The average Bonchev–Trinajstić information content (AvgIpc) is 2.64. The third-order valence-electron chi connectivity index (χ3n) is 4.65. The third-order valence-corrected chi connectivity index (χ3v) is 4.65. The molecule has 5 nitrogen and oxygen atoms in total. The number of ether oxygens (including phenoxy) is 1. The van der Waals surface area contributed by atoms with Gasteiger partial charge in [-0.1, -0.05) is 12.1 Å². The summed E-state index contributed by atoms with van der Waals surface area (Å²) in [5.41, 5.74) is 2.27. The highest BCUT2D eigenvalue weighted by Crippen LogP contribution is 2.25. The van der Waals surface area contributed by atoms with E-state index in [2.05, 4.69) is 9.80 Å². The van der Waals surface area contributed by atoms with E-state index in [0.29, 0.717) is 17.8 Å². The maximum absolute atomic E-state index is 14.6. The smallest absolute Gasteiger partial charge is 0.250 e. The Morgan fingerprint density at radius 3 is 2.48 bits per heavy atom. The number of hydrogen-bond donors (Lipinski definition) is 0. The van der Waals surface area contributed by atoms with E-state index < -0.39 is 0 Å². The first-order valence-corrected chi connectivity index (χ1v) is 8.60. The molecule has 1 aliphatic heterocycles. The van der Waals surface area contributed by atoms with Crippen molar-refractivity contribution in [2.75, 3.05) is 43.1 Å². The molecule has 1 aromatic carbocycles. The van der Waals surface area contributed by atoms with Gasteiger partial charge in [-0.15, -0.1) is 0 Å². The first-order chi connectivity index (χ1) is 12.1. The molecule has 1 aromatic heterocycles. The molecule has 134 valence electrons. The van der Waals surface area contributed by atoms with Crippen molar-refractivity contribution in [3.63, 3.8) is 0 Å². The number of methoxy groups -OCH3 is 1. The molecule has 2 heterocycles. The fourth-order valence-corrected chi connectivity index (χ4v) is 3.24. The van der Waals surface area contributed by atoms with Gasteiger partial charge in [0.1, 0.15) is 0 Å². The number of benzene rings is 1. The van der Waals surface area contributed by atoms with Crippen LogP contribution in [0.15, 0.2) is 41.3 Å². The lowest BCUT2D eigenvalue weighted by Crippen LogP contribution is -2.47. The van der Waals surface area contributed by atoms with Crippen molar-refractivity contribution in [2.45, 2.75) is 20.1 Å². The minimum absolute atomic E-state index is 0.0157. The van der Waals surface area contributed by atoms with Gasteiger partial charge in [0.05, 0.1) is 18.0 Å². The van der Waals surface area contributed by atoms with Crippen molar-refractivity contribution in [1.29, 1.82) is 0 Å². The number of aryl methyl sites for hydroxylation is 1. The van der Waals surface area contributed by atoms with Crippen molar-refractivity contribution in [3.8, 4) is 0 Å². The molecule has 6 heteroatoms. The van der Waals surface area contributed by atoms with E-state index in [-0.39, 0.29) is 18.0 Å². The normalized spacial score (nSPS) is 14.8. The molecule has 0 amide bonds. The van der Waals surface area contributed by atoms with E-state index in [0.717, 1.165) is 31.9 Å². The topological polar surface area (TPSA) is 37.7 Å². The lowest BCUT2D eigenvalue weighted by Gasteiger charge is -2.37.